The number of rotatable bonds is 4. The van der Waals surface area contributed by atoms with Gasteiger partial charge < -0.3 is 19.7 Å². The standard InChI is InChI=1S/C21H24N2O4/c1-26-20(24)18-10-8-17(9-11-18)19-14-23(13-5-12-22-19)21(25)27-15-16-6-3-2-4-7-16/h2-4,6-11,19,22H,5,12-15H2,1H3. The summed E-state index contributed by atoms with van der Waals surface area (Å²) in [4.78, 5) is 25.8. The van der Waals surface area contributed by atoms with Crippen LogP contribution in [0.4, 0.5) is 4.79 Å². The van der Waals surface area contributed by atoms with E-state index in [0.717, 1.165) is 24.1 Å². The van der Waals surface area contributed by atoms with Gasteiger partial charge in [0.2, 0.25) is 0 Å². The van der Waals surface area contributed by atoms with Gasteiger partial charge in [0, 0.05) is 13.1 Å². The van der Waals surface area contributed by atoms with Crippen LogP contribution in [0.25, 0.3) is 0 Å². The predicted octanol–water partition coefficient (Wildman–Crippen LogP) is 3.15. The van der Waals surface area contributed by atoms with Gasteiger partial charge in [-0.15, -0.1) is 0 Å². The number of carbonyl (C=O) groups is 2. The van der Waals surface area contributed by atoms with Gasteiger partial charge in [0.1, 0.15) is 6.61 Å². The van der Waals surface area contributed by atoms with Crippen LogP contribution in [0.3, 0.4) is 0 Å². The van der Waals surface area contributed by atoms with Crippen LogP contribution in [-0.4, -0.2) is 43.7 Å². The number of methoxy groups -OCH3 is 1. The van der Waals surface area contributed by atoms with Gasteiger partial charge in [0.15, 0.2) is 0 Å². The molecule has 1 aliphatic rings. The Labute approximate surface area is 159 Å². The molecule has 6 nitrogen and oxygen atoms in total. The Morgan fingerprint density at radius 1 is 1.11 bits per heavy atom. The van der Waals surface area contributed by atoms with Crippen LogP contribution in [0.5, 0.6) is 0 Å². The summed E-state index contributed by atoms with van der Waals surface area (Å²) >= 11 is 0. The van der Waals surface area contributed by atoms with E-state index in [1.807, 2.05) is 42.5 Å². The average Bonchev–Trinajstić information content (AvgIpc) is 2.99. The molecule has 1 heterocycles. The minimum absolute atomic E-state index is 0.0107. The van der Waals surface area contributed by atoms with Gasteiger partial charge in [-0.05, 0) is 36.2 Å². The largest absolute Gasteiger partial charge is 0.465 e. The lowest BCUT2D eigenvalue weighted by Gasteiger charge is -2.24. The maximum atomic E-state index is 12.5. The Morgan fingerprint density at radius 3 is 2.56 bits per heavy atom. The predicted molar refractivity (Wildman–Crippen MR) is 101 cm³/mol. The van der Waals surface area contributed by atoms with E-state index in [1.54, 1.807) is 17.0 Å². The van der Waals surface area contributed by atoms with Crippen molar-refractivity contribution in [1.29, 1.82) is 0 Å². The summed E-state index contributed by atoms with van der Waals surface area (Å²) in [6, 6.07) is 16.9. The lowest BCUT2D eigenvalue weighted by atomic mass is 10.0. The van der Waals surface area contributed by atoms with E-state index in [-0.39, 0.29) is 24.7 Å². The van der Waals surface area contributed by atoms with Gasteiger partial charge in [-0.3, -0.25) is 0 Å². The van der Waals surface area contributed by atoms with E-state index in [2.05, 4.69) is 5.32 Å². The molecule has 0 aromatic heterocycles. The second-order valence-electron chi connectivity index (χ2n) is 6.46. The zero-order chi connectivity index (χ0) is 19.1. The molecular weight excluding hydrogens is 344 g/mol. The summed E-state index contributed by atoms with van der Waals surface area (Å²) in [5, 5.41) is 3.45. The second-order valence-corrected chi connectivity index (χ2v) is 6.46. The van der Waals surface area contributed by atoms with E-state index in [4.69, 9.17) is 9.47 Å². The first-order chi connectivity index (χ1) is 13.2. The molecule has 0 bridgehead atoms. The molecule has 1 amide bonds. The zero-order valence-electron chi connectivity index (χ0n) is 15.4. The third-order valence-electron chi connectivity index (χ3n) is 4.60. The van der Waals surface area contributed by atoms with Crippen LogP contribution in [-0.2, 0) is 16.1 Å². The summed E-state index contributed by atoms with van der Waals surface area (Å²) in [5.74, 6) is -0.360. The SMILES string of the molecule is COC(=O)c1ccc(C2CN(C(=O)OCc3ccccc3)CCCN2)cc1. The number of amides is 1. The third-order valence-corrected chi connectivity index (χ3v) is 4.60. The summed E-state index contributed by atoms with van der Waals surface area (Å²) in [5.41, 5.74) is 2.49. The van der Waals surface area contributed by atoms with Crippen molar-refractivity contribution in [2.45, 2.75) is 19.1 Å². The molecule has 1 N–H and O–H groups in total. The number of hydrogen-bond acceptors (Lipinski definition) is 5. The highest BCUT2D eigenvalue weighted by atomic mass is 16.6. The lowest BCUT2D eigenvalue weighted by Crippen LogP contribution is -2.36. The fourth-order valence-electron chi connectivity index (χ4n) is 3.09. The molecule has 0 saturated carbocycles. The van der Waals surface area contributed by atoms with Crippen molar-refractivity contribution in [3.63, 3.8) is 0 Å². The molecule has 1 atom stereocenters. The maximum Gasteiger partial charge on any atom is 0.410 e. The highest BCUT2D eigenvalue weighted by Gasteiger charge is 2.24. The fraction of sp³-hybridized carbons (Fsp3) is 0.333. The van der Waals surface area contributed by atoms with E-state index in [9.17, 15) is 9.59 Å². The minimum Gasteiger partial charge on any atom is -0.465 e. The Kier molecular flexibility index (Phi) is 6.44. The first-order valence-electron chi connectivity index (χ1n) is 9.04. The topological polar surface area (TPSA) is 67.9 Å². The minimum atomic E-state index is -0.360. The Bertz CT molecular complexity index is 762. The number of hydrogen-bond donors (Lipinski definition) is 1. The number of esters is 1. The molecule has 1 saturated heterocycles. The number of nitrogens with zero attached hydrogens (tertiary/aromatic N) is 1. The highest BCUT2D eigenvalue weighted by Crippen LogP contribution is 2.19. The normalized spacial score (nSPS) is 17.1. The van der Waals surface area contributed by atoms with Gasteiger partial charge in [-0.25, -0.2) is 9.59 Å². The molecule has 0 radical (unpaired) electrons. The van der Waals surface area contributed by atoms with Crippen molar-refractivity contribution >= 4 is 12.1 Å². The van der Waals surface area contributed by atoms with Gasteiger partial charge in [0.25, 0.3) is 0 Å². The highest BCUT2D eigenvalue weighted by molar-refractivity contribution is 5.89. The summed E-state index contributed by atoms with van der Waals surface area (Å²) < 4.78 is 10.2. The fourth-order valence-corrected chi connectivity index (χ4v) is 3.09. The second kappa shape index (κ2) is 9.19. The first-order valence-corrected chi connectivity index (χ1v) is 9.04. The molecule has 1 fully saturated rings. The molecule has 3 rings (SSSR count). The van der Waals surface area contributed by atoms with Crippen LogP contribution in [0.2, 0.25) is 0 Å². The molecule has 6 heteroatoms. The molecule has 1 aliphatic heterocycles. The van der Waals surface area contributed by atoms with E-state index in [0.29, 0.717) is 18.7 Å². The van der Waals surface area contributed by atoms with E-state index in [1.165, 1.54) is 7.11 Å². The van der Waals surface area contributed by atoms with Crippen molar-refractivity contribution in [1.82, 2.24) is 10.2 Å². The molecule has 2 aromatic rings. The van der Waals surface area contributed by atoms with Gasteiger partial charge in [-0.2, -0.15) is 0 Å². The van der Waals surface area contributed by atoms with Crippen molar-refractivity contribution < 1.29 is 19.1 Å². The molecule has 27 heavy (non-hydrogen) atoms. The van der Waals surface area contributed by atoms with Gasteiger partial charge in [-0.1, -0.05) is 42.5 Å². The van der Waals surface area contributed by atoms with Crippen molar-refractivity contribution in [2.24, 2.45) is 0 Å². The van der Waals surface area contributed by atoms with Crippen LogP contribution < -0.4 is 5.32 Å². The Balaban J connectivity index is 1.62. The molecule has 0 spiro atoms. The smallest absolute Gasteiger partial charge is 0.410 e. The summed E-state index contributed by atoms with van der Waals surface area (Å²) in [6.45, 7) is 2.25. The zero-order valence-corrected chi connectivity index (χ0v) is 15.4. The van der Waals surface area contributed by atoms with Crippen molar-refractivity contribution in [3.8, 4) is 0 Å². The molecule has 2 aromatic carbocycles. The maximum absolute atomic E-state index is 12.5. The van der Waals surface area contributed by atoms with Gasteiger partial charge >= 0.3 is 12.1 Å². The van der Waals surface area contributed by atoms with Crippen LogP contribution in [0.15, 0.2) is 54.6 Å². The van der Waals surface area contributed by atoms with Crippen molar-refractivity contribution in [3.05, 3.63) is 71.3 Å². The third kappa shape index (κ3) is 5.08. The molecular formula is C21H24N2O4. The quantitative estimate of drug-likeness (QED) is 0.840. The average molecular weight is 368 g/mol. The van der Waals surface area contributed by atoms with Crippen molar-refractivity contribution in [2.75, 3.05) is 26.7 Å². The molecule has 1 unspecified atom stereocenters. The molecule has 0 aliphatic carbocycles. The van der Waals surface area contributed by atoms with E-state index < -0.39 is 0 Å². The first kappa shape index (κ1) is 18.9. The van der Waals surface area contributed by atoms with E-state index >= 15 is 0 Å². The summed E-state index contributed by atoms with van der Waals surface area (Å²) in [6.07, 6.45) is 0.552. The number of carbonyl (C=O) groups excluding carboxylic acids is 2. The Hall–Kier alpha value is -2.86. The lowest BCUT2D eigenvalue weighted by molar-refractivity contribution is 0.0600. The Morgan fingerprint density at radius 2 is 1.85 bits per heavy atom. The number of ether oxygens (including phenoxy) is 2. The van der Waals surface area contributed by atoms with Crippen LogP contribution in [0, 0.1) is 0 Å². The van der Waals surface area contributed by atoms with Gasteiger partial charge in [0.05, 0.1) is 18.7 Å². The van der Waals surface area contributed by atoms with Crippen LogP contribution >= 0.6 is 0 Å². The summed E-state index contributed by atoms with van der Waals surface area (Å²) in [7, 11) is 1.36. The monoisotopic (exact) mass is 368 g/mol. The number of benzene rings is 2. The number of nitrogens with one attached hydrogen (secondary N) is 1. The van der Waals surface area contributed by atoms with Crippen LogP contribution in [0.1, 0.15) is 33.9 Å². The molecule has 142 valence electrons.